The van der Waals surface area contributed by atoms with Crippen molar-refractivity contribution in [3.8, 4) is 0 Å². The number of allylic oxidation sites excluding steroid dienone is 2. The molecule has 1 aliphatic heterocycles. The SMILES string of the molecule is O=C1OC[C@]2(c3ccccc3)C3C=CC(c4ccccc4)C132. The first-order valence-corrected chi connectivity index (χ1v) is 7.78. The van der Waals surface area contributed by atoms with Crippen LogP contribution in [0.25, 0.3) is 0 Å². The molecule has 1 heterocycles. The van der Waals surface area contributed by atoms with Gasteiger partial charge in [-0.3, -0.25) is 4.79 Å². The number of benzene rings is 2. The van der Waals surface area contributed by atoms with E-state index in [2.05, 4.69) is 48.6 Å². The van der Waals surface area contributed by atoms with Crippen LogP contribution < -0.4 is 0 Å². The number of rotatable bonds is 2. The molecular formula is C20H16O2. The summed E-state index contributed by atoms with van der Waals surface area (Å²) in [7, 11) is 0. The first-order valence-electron chi connectivity index (χ1n) is 7.78. The van der Waals surface area contributed by atoms with Crippen molar-refractivity contribution in [2.75, 3.05) is 6.61 Å². The van der Waals surface area contributed by atoms with Crippen LogP contribution in [0.4, 0.5) is 0 Å². The lowest BCUT2D eigenvalue weighted by Crippen LogP contribution is -2.25. The van der Waals surface area contributed by atoms with Crippen molar-refractivity contribution >= 4 is 5.97 Å². The van der Waals surface area contributed by atoms with E-state index in [1.54, 1.807) is 0 Å². The Bertz CT molecular complexity index is 780. The number of carbonyl (C=O) groups excluding carboxylic acids is 1. The highest BCUT2D eigenvalue weighted by Crippen LogP contribution is 2.81. The van der Waals surface area contributed by atoms with Crippen molar-refractivity contribution in [3.63, 3.8) is 0 Å². The summed E-state index contributed by atoms with van der Waals surface area (Å²) in [5, 5.41) is 0. The average Bonchev–Trinajstić information content (AvgIpc) is 2.85. The van der Waals surface area contributed by atoms with Gasteiger partial charge in [-0.25, -0.2) is 0 Å². The molecule has 2 aromatic rings. The Balaban J connectivity index is 1.69. The maximum absolute atomic E-state index is 12.7. The lowest BCUT2D eigenvalue weighted by atomic mass is 9.77. The smallest absolute Gasteiger partial charge is 0.314 e. The second kappa shape index (κ2) is 3.89. The topological polar surface area (TPSA) is 26.3 Å². The quantitative estimate of drug-likeness (QED) is 0.625. The van der Waals surface area contributed by atoms with Gasteiger partial charge in [-0.05, 0) is 11.1 Å². The first kappa shape index (κ1) is 12.2. The number of carbonyl (C=O) groups is 1. The number of hydrogen-bond acceptors (Lipinski definition) is 2. The molecule has 2 aliphatic carbocycles. The molecule has 2 fully saturated rings. The Labute approximate surface area is 129 Å². The van der Waals surface area contributed by atoms with E-state index in [4.69, 9.17) is 4.74 Å². The van der Waals surface area contributed by atoms with Crippen LogP contribution in [0.3, 0.4) is 0 Å². The molecule has 0 radical (unpaired) electrons. The summed E-state index contributed by atoms with van der Waals surface area (Å²) in [4.78, 5) is 12.7. The van der Waals surface area contributed by atoms with Crippen LogP contribution in [0.5, 0.6) is 0 Å². The molecule has 2 aromatic carbocycles. The summed E-state index contributed by atoms with van der Waals surface area (Å²) < 4.78 is 5.55. The third kappa shape index (κ3) is 1.14. The Morgan fingerprint density at radius 3 is 2.32 bits per heavy atom. The summed E-state index contributed by atoms with van der Waals surface area (Å²) in [6, 6.07) is 20.7. The largest absolute Gasteiger partial charge is 0.464 e. The van der Waals surface area contributed by atoms with Gasteiger partial charge in [-0.2, -0.15) is 0 Å². The minimum Gasteiger partial charge on any atom is -0.464 e. The molecule has 108 valence electrons. The molecule has 0 amide bonds. The molecule has 2 heteroatoms. The number of ether oxygens (including phenoxy) is 1. The number of esters is 1. The molecule has 3 aliphatic rings. The Kier molecular flexibility index (Phi) is 2.16. The molecule has 3 unspecified atom stereocenters. The first-order chi connectivity index (χ1) is 10.8. The summed E-state index contributed by atoms with van der Waals surface area (Å²) >= 11 is 0. The van der Waals surface area contributed by atoms with E-state index in [0.29, 0.717) is 6.61 Å². The Morgan fingerprint density at radius 2 is 1.59 bits per heavy atom. The van der Waals surface area contributed by atoms with Gasteiger partial charge in [0, 0.05) is 11.8 Å². The molecular weight excluding hydrogens is 272 g/mol. The van der Waals surface area contributed by atoms with E-state index in [0.717, 1.165) is 0 Å². The van der Waals surface area contributed by atoms with Crippen LogP contribution in [0.2, 0.25) is 0 Å². The van der Waals surface area contributed by atoms with Crippen LogP contribution in [-0.2, 0) is 14.9 Å². The molecule has 1 saturated carbocycles. The molecule has 5 rings (SSSR count). The van der Waals surface area contributed by atoms with Crippen LogP contribution in [0.15, 0.2) is 72.8 Å². The van der Waals surface area contributed by atoms with Gasteiger partial charge in [-0.1, -0.05) is 72.8 Å². The van der Waals surface area contributed by atoms with Crippen molar-refractivity contribution in [1.29, 1.82) is 0 Å². The number of hydrogen-bond donors (Lipinski definition) is 0. The molecule has 2 nitrogen and oxygen atoms in total. The van der Waals surface area contributed by atoms with Gasteiger partial charge in [0.25, 0.3) is 0 Å². The second-order valence-corrected chi connectivity index (χ2v) is 6.53. The summed E-state index contributed by atoms with van der Waals surface area (Å²) in [5.41, 5.74) is 1.85. The van der Waals surface area contributed by atoms with E-state index < -0.39 is 5.41 Å². The van der Waals surface area contributed by atoms with E-state index >= 15 is 0 Å². The number of cyclic esters (lactones) is 1. The monoisotopic (exact) mass is 288 g/mol. The highest BCUT2D eigenvalue weighted by molar-refractivity contribution is 5.92. The molecule has 1 saturated heterocycles. The van der Waals surface area contributed by atoms with Gasteiger partial charge >= 0.3 is 5.97 Å². The highest BCUT2D eigenvalue weighted by atomic mass is 16.5. The van der Waals surface area contributed by atoms with Crippen LogP contribution in [-0.4, -0.2) is 12.6 Å². The van der Waals surface area contributed by atoms with Crippen molar-refractivity contribution in [2.24, 2.45) is 11.3 Å². The molecule has 4 atom stereocenters. The summed E-state index contributed by atoms with van der Waals surface area (Å²) in [5.74, 6) is 0.364. The predicted molar refractivity (Wildman–Crippen MR) is 83.3 cm³/mol. The molecule has 22 heavy (non-hydrogen) atoms. The highest BCUT2D eigenvalue weighted by Gasteiger charge is 2.88. The zero-order valence-electron chi connectivity index (χ0n) is 12.1. The summed E-state index contributed by atoms with van der Waals surface area (Å²) in [6.07, 6.45) is 4.44. The lowest BCUT2D eigenvalue weighted by Gasteiger charge is -2.22. The Hall–Kier alpha value is -2.35. The minimum absolute atomic E-state index is 0.0276. The Morgan fingerprint density at radius 1 is 0.909 bits per heavy atom. The van der Waals surface area contributed by atoms with Gasteiger partial charge in [0.1, 0.15) is 6.61 Å². The fourth-order valence-corrected chi connectivity index (χ4v) is 4.97. The van der Waals surface area contributed by atoms with E-state index in [9.17, 15) is 4.79 Å². The van der Waals surface area contributed by atoms with Crippen LogP contribution >= 0.6 is 0 Å². The average molecular weight is 288 g/mol. The zero-order chi connectivity index (χ0) is 14.8. The van der Waals surface area contributed by atoms with Crippen LogP contribution in [0, 0.1) is 11.3 Å². The van der Waals surface area contributed by atoms with Gasteiger partial charge in [0.2, 0.25) is 0 Å². The van der Waals surface area contributed by atoms with Gasteiger partial charge in [0.05, 0.1) is 10.8 Å². The van der Waals surface area contributed by atoms with Crippen molar-refractivity contribution in [2.45, 2.75) is 11.3 Å². The standard InChI is InChI=1S/C20H16O2/c21-18-20-16(14-7-3-1-4-8-14)11-12-17(20)19(20,13-22-18)15-9-5-2-6-10-15/h1-12,16-17H,13H2/t16?,17?,19-,20?/m0/s1. The predicted octanol–water partition coefficient (Wildman–Crippen LogP) is 3.45. The van der Waals surface area contributed by atoms with Crippen molar-refractivity contribution < 1.29 is 9.53 Å². The lowest BCUT2D eigenvalue weighted by molar-refractivity contribution is -0.145. The van der Waals surface area contributed by atoms with E-state index in [1.165, 1.54) is 11.1 Å². The van der Waals surface area contributed by atoms with Crippen LogP contribution in [0.1, 0.15) is 17.0 Å². The van der Waals surface area contributed by atoms with Crippen molar-refractivity contribution in [3.05, 3.63) is 83.9 Å². The molecule has 0 N–H and O–H groups in total. The summed E-state index contributed by atoms with van der Waals surface area (Å²) in [6.45, 7) is 0.508. The maximum atomic E-state index is 12.7. The molecule has 1 spiro atoms. The number of fused-ring (bicyclic) bond motifs is 1. The fourth-order valence-electron chi connectivity index (χ4n) is 4.97. The minimum atomic E-state index is -0.421. The van der Waals surface area contributed by atoms with Gasteiger partial charge in [0.15, 0.2) is 0 Å². The van der Waals surface area contributed by atoms with E-state index in [1.807, 2.05) is 24.3 Å². The third-order valence-electron chi connectivity index (χ3n) is 5.88. The maximum Gasteiger partial charge on any atom is 0.314 e. The zero-order valence-corrected chi connectivity index (χ0v) is 12.1. The van der Waals surface area contributed by atoms with Crippen molar-refractivity contribution in [1.82, 2.24) is 0 Å². The van der Waals surface area contributed by atoms with Gasteiger partial charge in [-0.15, -0.1) is 0 Å². The fraction of sp³-hybridized carbons (Fsp3) is 0.250. The van der Waals surface area contributed by atoms with E-state index in [-0.39, 0.29) is 23.2 Å². The third-order valence-corrected chi connectivity index (χ3v) is 5.88. The van der Waals surface area contributed by atoms with Gasteiger partial charge < -0.3 is 4.74 Å². The normalized spacial score (nSPS) is 37.5. The molecule has 0 bridgehead atoms. The second-order valence-electron chi connectivity index (χ2n) is 6.53. The molecule has 0 aromatic heterocycles.